The van der Waals surface area contributed by atoms with Crippen molar-refractivity contribution in [2.45, 2.75) is 39.2 Å². The van der Waals surface area contributed by atoms with E-state index < -0.39 is 0 Å². The maximum atomic E-state index is 12.3. The fourth-order valence-electron chi connectivity index (χ4n) is 3.14. The molecule has 1 fully saturated rings. The summed E-state index contributed by atoms with van der Waals surface area (Å²) in [4.78, 5) is 26.2. The number of nitrogens with zero attached hydrogens (tertiary/aromatic N) is 1. The lowest BCUT2D eigenvalue weighted by Gasteiger charge is -2.31. The number of hydrogen-bond acceptors (Lipinski definition) is 3. The number of benzene rings is 1. The van der Waals surface area contributed by atoms with Gasteiger partial charge < -0.3 is 14.6 Å². The molecule has 3 rings (SSSR count). The molecule has 1 aliphatic heterocycles. The molecule has 24 heavy (non-hydrogen) atoms. The van der Waals surface area contributed by atoms with Crippen LogP contribution in [-0.2, 0) is 16.0 Å². The molecule has 1 aromatic heterocycles. The van der Waals surface area contributed by atoms with Crippen LogP contribution in [0.15, 0.2) is 34.7 Å². The van der Waals surface area contributed by atoms with E-state index in [0.29, 0.717) is 25.9 Å². The molecule has 1 aromatic carbocycles. The number of carbonyl (C=O) groups excluding carboxylic acids is 2. The van der Waals surface area contributed by atoms with E-state index in [1.54, 1.807) is 4.90 Å². The number of rotatable bonds is 4. The van der Waals surface area contributed by atoms with Gasteiger partial charge in [0.15, 0.2) is 0 Å². The Bertz CT molecular complexity index is 724. The van der Waals surface area contributed by atoms with Crippen LogP contribution in [0.5, 0.6) is 0 Å². The maximum Gasteiger partial charge on any atom is 0.225 e. The van der Waals surface area contributed by atoms with Crippen LogP contribution in [-0.4, -0.2) is 35.3 Å². The summed E-state index contributed by atoms with van der Waals surface area (Å²) in [7, 11) is 0. The van der Waals surface area contributed by atoms with Crippen molar-refractivity contribution in [1.29, 1.82) is 0 Å². The Kier molecular flexibility index (Phi) is 4.35. The average Bonchev–Trinajstić information content (AvgIpc) is 3.09. The summed E-state index contributed by atoms with van der Waals surface area (Å²) in [5.74, 6) is 0.605. The van der Waals surface area contributed by atoms with Gasteiger partial charge in [0.2, 0.25) is 11.8 Å². The molecule has 2 aromatic rings. The lowest BCUT2D eigenvalue weighted by atomic mass is 10.1. The number of likely N-dealkylation sites (tertiary alicyclic amines) is 1. The Morgan fingerprint density at radius 3 is 2.75 bits per heavy atom. The zero-order valence-electron chi connectivity index (χ0n) is 14.5. The Labute approximate surface area is 142 Å². The Morgan fingerprint density at radius 2 is 2.08 bits per heavy atom. The average molecular weight is 328 g/mol. The van der Waals surface area contributed by atoms with Gasteiger partial charge >= 0.3 is 0 Å². The molecular formula is C19H24N2O3. The van der Waals surface area contributed by atoms with Crippen molar-refractivity contribution in [3.8, 4) is 0 Å². The largest absolute Gasteiger partial charge is 0.461 e. The van der Waals surface area contributed by atoms with Crippen molar-refractivity contribution in [3.63, 3.8) is 0 Å². The molecule has 5 nitrogen and oxygen atoms in total. The second-order valence-corrected chi connectivity index (χ2v) is 7.37. The van der Waals surface area contributed by atoms with Crippen LogP contribution >= 0.6 is 0 Å². The standard InChI is InChI=1S/C19H24N2O3/c1-19(2,3)21-12-14(11-17(21)22)18(23)20-9-8-15-10-13-6-4-5-7-16(13)24-15/h4-7,10,14H,8-9,11-12H2,1-3H3,(H,20,23). The number of hydrogen-bond donors (Lipinski definition) is 1. The second-order valence-electron chi connectivity index (χ2n) is 7.37. The van der Waals surface area contributed by atoms with E-state index in [9.17, 15) is 9.59 Å². The minimum Gasteiger partial charge on any atom is -0.461 e. The van der Waals surface area contributed by atoms with Gasteiger partial charge in [-0.1, -0.05) is 18.2 Å². The summed E-state index contributed by atoms with van der Waals surface area (Å²) in [5.41, 5.74) is 0.626. The number of para-hydroxylation sites is 1. The Hall–Kier alpha value is -2.30. The zero-order chi connectivity index (χ0) is 17.3. The quantitative estimate of drug-likeness (QED) is 0.939. The van der Waals surface area contributed by atoms with Gasteiger partial charge in [0.25, 0.3) is 0 Å². The fourth-order valence-corrected chi connectivity index (χ4v) is 3.14. The van der Waals surface area contributed by atoms with Crippen molar-refractivity contribution in [3.05, 3.63) is 36.1 Å². The minimum atomic E-state index is -0.257. The summed E-state index contributed by atoms with van der Waals surface area (Å²) < 4.78 is 5.74. The molecule has 2 heterocycles. The van der Waals surface area contributed by atoms with Gasteiger partial charge in [0.1, 0.15) is 11.3 Å². The van der Waals surface area contributed by atoms with Gasteiger partial charge in [0.05, 0.1) is 5.92 Å². The van der Waals surface area contributed by atoms with Crippen molar-refractivity contribution in [1.82, 2.24) is 10.2 Å². The first-order chi connectivity index (χ1) is 11.3. The first kappa shape index (κ1) is 16.6. The Balaban J connectivity index is 1.52. The van der Waals surface area contributed by atoms with Crippen molar-refractivity contribution < 1.29 is 14.0 Å². The highest BCUT2D eigenvalue weighted by Gasteiger charge is 2.39. The summed E-state index contributed by atoms with van der Waals surface area (Å²) in [6.45, 7) is 6.99. The molecule has 1 N–H and O–H groups in total. The first-order valence-electron chi connectivity index (χ1n) is 8.40. The van der Waals surface area contributed by atoms with Crippen LogP contribution in [0.4, 0.5) is 0 Å². The maximum absolute atomic E-state index is 12.3. The number of furan rings is 1. The Morgan fingerprint density at radius 1 is 1.33 bits per heavy atom. The van der Waals surface area contributed by atoms with E-state index >= 15 is 0 Å². The molecule has 1 unspecified atom stereocenters. The van der Waals surface area contributed by atoms with E-state index in [2.05, 4.69) is 5.32 Å². The topological polar surface area (TPSA) is 62.6 Å². The molecule has 0 radical (unpaired) electrons. The molecule has 5 heteroatoms. The van der Waals surface area contributed by atoms with Gasteiger partial charge in [-0.3, -0.25) is 9.59 Å². The third-order valence-corrected chi connectivity index (χ3v) is 4.45. The van der Waals surface area contributed by atoms with Crippen LogP contribution in [0.25, 0.3) is 11.0 Å². The number of fused-ring (bicyclic) bond motifs is 1. The zero-order valence-corrected chi connectivity index (χ0v) is 14.5. The minimum absolute atomic E-state index is 0.0498. The van der Waals surface area contributed by atoms with E-state index in [4.69, 9.17) is 4.42 Å². The van der Waals surface area contributed by atoms with Gasteiger partial charge in [0, 0.05) is 36.9 Å². The molecule has 1 atom stereocenters. The van der Waals surface area contributed by atoms with Gasteiger partial charge in [-0.05, 0) is 32.9 Å². The van der Waals surface area contributed by atoms with E-state index in [1.807, 2.05) is 51.1 Å². The first-order valence-corrected chi connectivity index (χ1v) is 8.40. The number of nitrogens with one attached hydrogen (secondary N) is 1. The molecule has 1 saturated heterocycles. The highest BCUT2D eigenvalue weighted by Crippen LogP contribution is 2.26. The van der Waals surface area contributed by atoms with E-state index in [0.717, 1.165) is 16.7 Å². The van der Waals surface area contributed by atoms with Gasteiger partial charge in [-0.25, -0.2) is 0 Å². The van der Waals surface area contributed by atoms with Crippen LogP contribution < -0.4 is 5.32 Å². The van der Waals surface area contributed by atoms with Crippen molar-refractivity contribution in [2.24, 2.45) is 5.92 Å². The lowest BCUT2D eigenvalue weighted by molar-refractivity contribution is -0.132. The third-order valence-electron chi connectivity index (χ3n) is 4.45. The monoisotopic (exact) mass is 328 g/mol. The van der Waals surface area contributed by atoms with Crippen molar-refractivity contribution in [2.75, 3.05) is 13.1 Å². The molecule has 0 saturated carbocycles. The van der Waals surface area contributed by atoms with Crippen LogP contribution in [0.2, 0.25) is 0 Å². The van der Waals surface area contributed by atoms with Crippen LogP contribution in [0.3, 0.4) is 0 Å². The summed E-state index contributed by atoms with van der Waals surface area (Å²) in [6.07, 6.45) is 0.942. The van der Waals surface area contributed by atoms with Gasteiger partial charge in [-0.15, -0.1) is 0 Å². The summed E-state index contributed by atoms with van der Waals surface area (Å²) >= 11 is 0. The molecular weight excluding hydrogens is 304 g/mol. The summed E-state index contributed by atoms with van der Waals surface area (Å²) in [5, 5.41) is 4.00. The van der Waals surface area contributed by atoms with Crippen LogP contribution in [0, 0.1) is 5.92 Å². The molecule has 0 bridgehead atoms. The van der Waals surface area contributed by atoms with E-state index in [-0.39, 0.29) is 23.3 Å². The third kappa shape index (κ3) is 3.45. The molecule has 0 aliphatic carbocycles. The number of carbonyl (C=O) groups is 2. The smallest absolute Gasteiger partial charge is 0.225 e. The highest BCUT2D eigenvalue weighted by molar-refractivity contribution is 5.89. The van der Waals surface area contributed by atoms with Crippen molar-refractivity contribution >= 4 is 22.8 Å². The highest BCUT2D eigenvalue weighted by atomic mass is 16.3. The van der Waals surface area contributed by atoms with Crippen LogP contribution in [0.1, 0.15) is 33.0 Å². The summed E-state index contributed by atoms with van der Waals surface area (Å²) in [6, 6.07) is 9.85. The molecule has 1 aliphatic rings. The number of amides is 2. The van der Waals surface area contributed by atoms with Gasteiger partial charge in [-0.2, -0.15) is 0 Å². The SMILES string of the molecule is CC(C)(C)N1CC(C(=O)NCCc2cc3ccccc3o2)CC1=O. The van der Waals surface area contributed by atoms with E-state index in [1.165, 1.54) is 0 Å². The predicted octanol–water partition coefficient (Wildman–Crippen LogP) is 2.74. The molecule has 128 valence electrons. The predicted molar refractivity (Wildman–Crippen MR) is 92.5 cm³/mol. The molecule has 0 spiro atoms. The lowest BCUT2D eigenvalue weighted by Crippen LogP contribution is -2.43. The normalized spacial score (nSPS) is 18.4. The fraction of sp³-hybridized carbons (Fsp3) is 0.474. The second kappa shape index (κ2) is 6.30. The molecule has 2 amide bonds.